The van der Waals surface area contributed by atoms with Crippen molar-refractivity contribution in [2.45, 2.75) is 48.4 Å². The minimum Gasteiger partial charge on any atom is -0.462 e. The number of cyclic esters (lactones) is 1. The lowest BCUT2D eigenvalue weighted by Crippen LogP contribution is -2.23. The van der Waals surface area contributed by atoms with Crippen LogP contribution in [0.2, 0.25) is 0 Å². The van der Waals surface area contributed by atoms with E-state index >= 15 is 0 Å². The molecule has 0 spiro atoms. The number of benzene rings is 2. The topological polar surface area (TPSA) is 26.3 Å². The van der Waals surface area contributed by atoms with Gasteiger partial charge in [0, 0.05) is 16.6 Å². The summed E-state index contributed by atoms with van der Waals surface area (Å²) in [4.78, 5) is 12.7. The van der Waals surface area contributed by atoms with E-state index in [4.69, 9.17) is 4.74 Å². The van der Waals surface area contributed by atoms with Crippen molar-refractivity contribution in [3.05, 3.63) is 66.2 Å². The summed E-state index contributed by atoms with van der Waals surface area (Å²) in [6.07, 6.45) is 4.59. The molecule has 120 valence electrons. The Morgan fingerprint density at radius 2 is 1.74 bits per heavy atom. The number of carbonyl (C=O) groups excluding carboxylic acids is 1. The summed E-state index contributed by atoms with van der Waals surface area (Å²) in [5, 5.41) is 0.388. The zero-order valence-corrected chi connectivity index (χ0v) is 14.0. The van der Waals surface area contributed by atoms with E-state index in [0.29, 0.717) is 11.7 Å². The van der Waals surface area contributed by atoms with Gasteiger partial charge in [-0.25, -0.2) is 0 Å². The van der Waals surface area contributed by atoms with Gasteiger partial charge in [0.15, 0.2) is 0 Å². The number of thioether (sulfide) groups is 1. The zero-order valence-electron chi connectivity index (χ0n) is 13.2. The molecule has 1 saturated heterocycles. The Balaban J connectivity index is 1.66. The quantitative estimate of drug-likeness (QED) is 0.525. The van der Waals surface area contributed by atoms with Crippen LogP contribution in [-0.2, 0) is 9.53 Å². The number of hydrogen-bond donors (Lipinski definition) is 0. The lowest BCUT2D eigenvalue weighted by molar-refractivity contribution is -0.154. The third-order valence-electron chi connectivity index (χ3n) is 4.15. The Morgan fingerprint density at radius 3 is 2.43 bits per heavy atom. The predicted octanol–water partition coefficient (Wildman–Crippen LogP) is 5.40. The standard InChI is InChI=1S/C20H22O2S/c21-20-13-7-10-17(22-20)14-15-19(16-8-3-1-4-9-16)23-18-11-5-2-6-12-18/h1-6,8-9,11-12,17,19H,7,10,13-15H2. The molecule has 2 aromatic rings. The SMILES string of the molecule is O=C1CCCC(CCC(Sc2ccccc2)c2ccccc2)O1. The molecule has 2 unspecified atom stereocenters. The highest BCUT2D eigenvalue weighted by molar-refractivity contribution is 7.99. The van der Waals surface area contributed by atoms with Crippen molar-refractivity contribution in [1.29, 1.82) is 0 Å². The summed E-state index contributed by atoms with van der Waals surface area (Å²) < 4.78 is 5.47. The van der Waals surface area contributed by atoms with E-state index in [1.807, 2.05) is 17.8 Å². The molecule has 0 radical (unpaired) electrons. The molecule has 1 aliphatic heterocycles. The second-order valence-electron chi connectivity index (χ2n) is 5.91. The van der Waals surface area contributed by atoms with Crippen molar-refractivity contribution in [3.63, 3.8) is 0 Å². The third kappa shape index (κ3) is 4.87. The first-order chi connectivity index (χ1) is 11.3. The van der Waals surface area contributed by atoms with Crippen molar-refractivity contribution in [2.75, 3.05) is 0 Å². The number of esters is 1. The third-order valence-corrected chi connectivity index (χ3v) is 5.49. The Morgan fingerprint density at radius 1 is 1.04 bits per heavy atom. The van der Waals surface area contributed by atoms with Crippen LogP contribution in [-0.4, -0.2) is 12.1 Å². The van der Waals surface area contributed by atoms with Gasteiger partial charge in [0.05, 0.1) is 0 Å². The van der Waals surface area contributed by atoms with Crippen LogP contribution in [0.4, 0.5) is 0 Å². The molecule has 1 aliphatic rings. The van der Waals surface area contributed by atoms with Gasteiger partial charge in [0.2, 0.25) is 0 Å². The molecule has 3 heteroatoms. The maximum absolute atomic E-state index is 11.5. The molecular weight excluding hydrogens is 304 g/mol. The summed E-state index contributed by atoms with van der Waals surface area (Å²) in [5.74, 6) is -0.0341. The monoisotopic (exact) mass is 326 g/mol. The van der Waals surface area contributed by atoms with Gasteiger partial charge in [0.25, 0.3) is 0 Å². The summed E-state index contributed by atoms with van der Waals surface area (Å²) in [6.45, 7) is 0. The van der Waals surface area contributed by atoms with Crippen LogP contribution >= 0.6 is 11.8 Å². The normalized spacial score (nSPS) is 19.1. The fourth-order valence-electron chi connectivity index (χ4n) is 2.94. The van der Waals surface area contributed by atoms with E-state index in [0.717, 1.165) is 25.7 Å². The highest BCUT2D eigenvalue weighted by Gasteiger charge is 2.22. The van der Waals surface area contributed by atoms with Crippen LogP contribution in [0.3, 0.4) is 0 Å². The van der Waals surface area contributed by atoms with E-state index in [1.165, 1.54) is 10.5 Å². The predicted molar refractivity (Wildman–Crippen MR) is 94.4 cm³/mol. The molecule has 2 aromatic carbocycles. The Bertz CT molecular complexity index is 612. The lowest BCUT2D eigenvalue weighted by Gasteiger charge is -2.24. The first-order valence-corrected chi connectivity index (χ1v) is 9.15. The minimum absolute atomic E-state index is 0.0341. The van der Waals surface area contributed by atoms with Crippen molar-refractivity contribution < 1.29 is 9.53 Å². The lowest BCUT2D eigenvalue weighted by atomic mass is 10.0. The molecule has 3 rings (SSSR count). The maximum atomic E-state index is 11.5. The van der Waals surface area contributed by atoms with E-state index in [1.54, 1.807) is 0 Å². The van der Waals surface area contributed by atoms with Crippen LogP contribution in [0.1, 0.15) is 42.9 Å². The highest BCUT2D eigenvalue weighted by Crippen LogP contribution is 2.39. The fraction of sp³-hybridized carbons (Fsp3) is 0.350. The zero-order chi connectivity index (χ0) is 15.9. The first-order valence-electron chi connectivity index (χ1n) is 8.27. The number of rotatable bonds is 6. The van der Waals surface area contributed by atoms with Crippen molar-refractivity contribution in [3.8, 4) is 0 Å². The van der Waals surface area contributed by atoms with Crippen LogP contribution < -0.4 is 0 Å². The Hall–Kier alpha value is -1.74. The summed E-state index contributed by atoms with van der Waals surface area (Å²) in [5.41, 5.74) is 1.34. The van der Waals surface area contributed by atoms with Crippen LogP contribution in [0.25, 0.3) is 0 Å². The summed E-state index contributed by atoms with van der Waals surface area (Å²) >= 11 is 1.89. The van der Waals surface area contributed by atoms with Gasteiger partial charge in [-0.05, 0) is 43.4 Å². The molecule has 0 aromatic heterocycles. The van der Waals surface area contributed by atoms with E-state index in [-0.39, 0.29) is 12.1 Å². The van der Waals surface area contributed by atoms with Gasteiger partial charge in [0.1, 0.15) is 6.10 Å². The molecule has 23 heavy (non-hydrogen) atoms. The Labute approximate surface area is 142 Å². The average Bonchev–Trinajstić information content (AvgIpc) is 2.60. The van der Waals surface area contributed by atoms with Gasteiger partial charge in [-0.1, -0.05) is 48.5 Å². The Kier molecular flexibility index (Phi) is 5.76. The second-order valence-corrected chi connectivity index (χ2v) is 7.19. The summed E-state index contributed by atoms with van der Waals surface area (Å²) in [6, 6.07) is 21.1. The number of carbonyl (C=O) groups is 1. The van der Waals surface area contributed by atoms with Crippen molar-refractivity contribution in [2.24, 2.45) is 0 Å². The van der Waals surface area contributed by atoms with Crippen LogP contribution in [0, 0.1) is 0 Å². The molecule has 0 N–H and O–H groups in total. The fourth-order valence-corrected chi connectivity index (χ4v) is 4.13. The van der Waals surface area contributed by atoms with E-state index in [2.05, 4.69) is 54.6 Å². The van der Waals surface area contributed by atoms with E-state index in [9.17, 15) is 4.79 Å². The van der Waals surface area contributed by atoms with Gasteiger partial charge in [-0.3, -0.25) is 4.79 Å². The minimum atomic E-state index is -0.0341. The smallest absolute Gasteiger partial charge is 0.306 e. The summed E-state index contributed by atoms with van der Waals surface area (Å²) in [7, 11) is 0. The molecule has 1 fully saturated rings. The highest BCUT2D eigenvalue weighted by atomic mass is 32.2. The molecular formula is C20H22O2S. The van der Waals surface area contributed by atoms with Crippen LogP contribution in [0.5, 0.6) is 0 Å². The number of hydrogen-bond acceptors (Lipinski definition) is 3. The first kappa shape index (κ1) is 16.1. The van der Waals surface area contributed by atoms with Crippen molar-refractivity contribution in [1.82, 2.24) is 0 Å². The molecule has 2 atom stereocenters. The largest absolute Gasteiger partial charge is 0.462 e. The number of ether oxygens (including phenoxy) is 1. The molecule has 0 saturated carbocycles. The van der Waals surface area contributed by atoms with Gasteiger partial charge in [-0.2, -0.15) is 0 Å². The second kappa shape index (κ2) is 8.21. The van der Waals surface area contributed by atoms with Crippen molar-refractivity contribution >= 4 is 17.7 Å². The molecule has 0 aliphatic carbocycles. The van der Waals surface area contributed by atoms with Gasteiger partial charge < -0.3 is 4.74 Å². The van der Waals surface area contributed by atoms with Gasteiger partial charge in [-0.15, -0.1) is 11.8 Å². The average molecular weight is 326 g/mol. The molecule has 0 amide bonds. The van der Waals surface area contributed by atoms with Crippen LogP contribution in [0.15, 0.2) is 65.6 Å². The molecule has 2 nitrogen and oxygen atoms in total. The van der Waals surface area contributed by atoms with Gasteiger partial charge >= 0.3 is 5.97 Å². The molecule has 1 heterocycles. The van der Waals surface area contributed by atoms with E-state index < -0.39 is 0 Å². The maximum Gasteiger partial charge on any atom is 0.306 e. The molecule has 0 bridgehead atoms.